The zero-order valence-electron chi connectivity index (χ0n) is 18.1. The van der Waals surface area contributed by atoms with Crippen LogP contribution in [0.25, 0.3) is 11.8 Å². The molecular weight excluding hydrogens is 456 g/mol. The Hall–Kier alpha value is -3.36. The number of carboxylic acids is 1. The standard InChI is InChI=1S/C25H22N2O4S2/c1-15-12-18(16(2)27(15)19-8-9-21(28)20(14-19)24(30)31)13-22-23(29)26(25(32)33-22)11-10-17-6-4-3-5-7-17/h3-9,12-14,28H,10-11H2,1-2H3,(H,30,31)/b22-13-. The summed E-state index contributed by atoms with van der Waals surface area (Å²) in [6.07, 6.45) is 2.56. The molecule has 0 saturated carbocycles. The molecule has 0 bridgehead atoms. The lowest BCUT2D eigenvalue weighted by atomic mass is 10.1. The predicted molar refractivity (Wildman–Crippen MR) is 134 cm³/mol. The molecule has 1 fully saturated rings. The van der Waals surface area contributed by atoms with Crippen LogP contribution >= 0.6 is 24.0 Å². The van der Waals surface area contributed by atoms with Gasteiger partial charge in [0, 0.05) is 23.6 Å². The van der Waals surface area contributed by atoms with E-state index in [9.17, 15) is 19.8 Å². The zero-order chi connectivity index (χ0) is 23.7. The van der Waals surface area contributed by atoms with E-state index in [1.807, 2.05) is 60.9 Å². The molecule has 2 N–H and O–H groups in total. The molecule has 0 spiro atoms. The van der Waals surface area contributed by atoms with E-state index in [0.29, 0.717) is 21.5 Å². The van der Waals surface area contributed by atoms with Crippen LogP contribution < -0.4 is 0 Å². The normalized spacial score (nSPS) is 15.0. The highest BCUT2D eigenvalue weighted by molar-refractivity contribution is 8.26. The molecule has 8 heteroatoms. The number of carbonyl (C=O) groups is 2. The van der Waals surface area contributed by atoms with Gasteiger partial charge in [0.05, 0.1) is 4.91 Å². The summed E-state index contributed by atoms with van der Waals surface area (Å²) in [5, 5.41) is 19.2. The number of amides is 1. The summed E-state index contributed by atoms with van der Waals surface area (Å²) < 4.78 is 2.44. The summed E-state index contributed by atoms with van der Waals surface area (Å²) in [5.41, 5.74) is 4.18. The Labute approximate surface area is 201 Å². The number of thiocarbonyl (C=S) groups is 1. The molecule has 1 saturated heterocycles. The largest absolute Gasteiger partial charge is 0.507 e. The minimum atomic E-state index is -1.20. The number of aromatic nitrogens is 1. The van der Waals surface area contributed by atoms with Gasteiger partial charge in [0.15, 0.2) is 0 Å². The van der Waals surface area contributed by atoms with Crippen LogP contribution in [0, 0.1) is 13.8 Å². The maximum Gasteiger partial charge on any atom is 0.339 e. The van der Waals surface area contributed by atoms with Crippen LogP contribution in [0.15, 0.2) is 59.5 Å². The van der Waals surface area contributed by atoms with Crippen molar-refractivity contribution in [3.8, 4) is 11.4 Å². The molecule has 0 radical (unpaired) electrons. The third-order valence-electron chi connectivity index (χ3n) is 5.57. The van der Waals surface area contributed by atoms with Gasteiger partial charge in [-0.2, -0.15) is 0 Å². The van der Waals surface area contributed by atoms with E-state index < -0.39 is 5.97 Å². The number of phenols is 1. The first-order chi connectivity index (χ1) is 15.8. The van der Waals surface area contributed by atoms with Gasteiger partial charge >= 0.3 is 5.97 Å². The van der Waals surface area contributed by atoms with E-state index in [1.54, 1.807) is 11.0 Å². The lowest BCUT2D eigenvalue weighted by molar-refractivity contribution is -0.122. The first-order valence-electron chi connectivity index (χ1n) is 10.3. The predicted octanol–water partition coefficient (Wildman–Crippen LogP) is 4.94. The molecule has 2 aromatic carbocycles. The van der Waals surface area contributed by atoms with Crippen LogP contribution in [0.2, 0.25) is 0 Å². The number of aromatic hydroxyl groups is 1. The number of aryl methyl sites for hydroxylation is 1. The fraction of sp³-hybridized carbons (Fsp3) is 0.160. The molecule has 33 heavy (non-hydrogen) atoms. The van der Waals surface area contributed by atoms with E-state index in [0.717, 1.165) is 28.9 Å². The van der Waals surface area contributed by atoms with Crippen LogP contribution in [0.4, 0.5) is 0 Å². The topological polar surface area (TPSA) is 82.8 Å². The third-order valence-corrected chi connectivity index (χ3v) is 6.94. The minimum absolute atomic E-state index is 0.108. The Morgan fingerprint density at radius 3 is 2.55 bits per heavy atom. The van der Waals surface area contributed by atoms with E-state index >= 15 is 0 Å². The molecule has 1 aromatic heterocycles. The van der Waals surface area contributed by atoms with Gasteiger partial charge in [-0.05, 0) is 61.7 Å². The van der Waals surface area contributed by atoms with Crippen molar-refractivity contribution in [1.29, 1.82) is 0 Å². The van der Waals surface area contributed by atoms with Gasteiger partial charge < -0.3 is 14.8 Å². The first kappa shape index (κ1) is 22.8. The van der Waals surface area contributed by atoms with Crippen molar-refractivity contribution in [2.75, 3.05) is 6.54 Å². The van der Waals surface area contributed by atoms with Gasteiger partial charge in [-0.1, -0.05) is 54.3 Å². The van der Waals surface area contributed by atoms with Crippen molar-refractivity contribution < 1.29 is 19.8 Å². The first-order valence-corrected chi connectivity index (χ1v) is 11.5. The van der Waals surface area contributed by atoms with Gasteiger partial charge in [-0.15, -0.1) is 0 Å². The highest BCUT2D eigenvalue weighted by Gasteiger charge is 2.32. The molecule has 0 atom stereocenters. The number of hydrogen-bond acceptors (Lipinski definition) is 5. The highest BCUT2D eigenvalue weighted by Crippen LogP contribution is 2.34. The molecule has 1 aliphatic rings. The van der Waals surface area contributed by atoms with Crippen LogP contribution in [-0.4, -0.2) is 42.4 Å². The lowest BCUT2D eigenvalue weighted by Crippen LogP contribution is -2.30. The fourth-order valence-electron chi connectivity index (χ4n) is 3.89. The molecule has 1 amide bonds. The van der Waals surface area contributed by atoms with Gasteiger partial charge in [0.25, 0.3) is 5.91 Å². The number of rotatable bonds is 6. The molecule has 1 aliphatic heterocycles. The van der Waals surface area contributed by atoms with Gasteiger partial charge in [0.1, 0.15) is 15.6 Å². The second-order valence-electron chi connectivity index (χ2n) is 7.74. The SMILES string of the molecule is Cc1cc(/C=C2\SC(=S)N(CCc3ccccc3)C2=O)c(C)n1-c1ccc(O)c(C(=O)O)c1. The Morgan fingerprint density at radius 1 is 1.12 bits per heavy atom. The van der Waals surface area contributed by atoms with E-state index in [2.05, 4.69) is 0 Å². The number of carboxylic acid groups (broad SMARTS) is 1. The summed E-state index contributed by atoms with van der Waals surface area (Å²) in [6, 6.07) is 16.4. The highest BCUT2D eigenvalue weighted by atomic mass is 32.2. The quantitative estimate of drug-likeness (QED) is 0.386. The summed E-state index contributed by atoms with van der Waals surface area (Å²) in [4.78, 5) is 26.6. The average molecular weight is 479 g/mol. The number of hydrogen-bond donors (Lipinski definition) is 2. The van der Waals surface area contributed by atoms with Crippen LogP contribution in [-0.2, 0) is 11.2 Å². The summed E-state index contributed by atoms with van der Waals surface area (Å²) in [5.74, 6) is -1.59. The van der Waals surface area contributed by atoms with Crippen LogP contribution in [0.1, 0.15) is 32.9 Å². The van der Waals surface area contributed by atoms with Gasteiger partial charge in [-0.3, -0.25) is 9.69 Å². The molecular formula is C25H22N2O4S2. The Bertz CT molecular complexity index is 1300. The number of thioether (sulfide) groups is 1. The Kier molecular flexibility index (Phi) is 6.40. The Balaban J connectivity index is 1.60. The second-order valence-corrected chi connectivity index (χ2v) is 9.41. The molecule has 4 rings (SSSR count). The fourth-order valence-corrected chi connectivity index (χ4v) is 5.18. The second kappa shape index (κ2) is 9.25. The molecule has 2 heterocycles. The van der Waals surface area contributed by atoms with Crippen molar-refractivity contribution in [2.45, 2.75) is 20.3 Å². The van der Waals surface area contributed by atoms with Gasteiger partial charge in [0.2, 0.25) is 0 Å². The van der Waals surface area contributed by atoms with Gasteiger partial charge in [-0.25, -0.2) is 4.79 Å². The monoisotopic (exact) mass is 478 g/mol. The van der Waals surface area contributed by atoms with Crippen LogP contribution in [0.5, 0.6) is 5.75 Å². The maximum atomic E-state index is 13.0. The maximum absolute atomic E-state index is 13.0. The molecule has 6 nitrogen and oxygen atoms in total. The lowest BCUT2D eigenvalue weighted by Gasteiger charge is -2.14. The van der Waals surface area contributed by atoms with Crippen molar-refractivity contribution >= 4 is 46.3 Å². The Morgan fingerprint density at radius 2 is 1.85 bits per heavy atom. The average Bonchev–Trinajstić information content (AvgIpc) is 3.21. The number of benzene rings is 2. The van der Waals surface area contributed by atoms with Crippen molar-refractivity contribution in [3.05, 3.63) is 87.6 Å². The minimum Gasteiger partial charge on any atom is -0.507 e. The van der Waals surface area contributed by atoms with E-state index in [4.69, 9.17) is 12.2 Å². The zero-order valence-corrected chi connectivity index (χ0v) is 19.7. The van der Waals surface area contributed by atoms with E-state index in [-0.39, 0.29) is 17.2 Å². The third kappa shape index (κ3) is 4.58. The van der Waals surface area contributed by atoms with Crippen molar-refractivity contribution in [1.82, 2.24) is 9.47 Å². The summed E-state index contributed by atoms with van der Waals surface area (Å²) in [6.45, 7) is 4.33. The smallest absolute Gasteiger partial charge is 0.339 e. The summed E-state index contributed by atoms with van der Waals surface area (Å²) in [7, 11) is 0. The van der Waals surface area contributed by atoms with Crippen molar-refractivity contribution in [2.24, 2.45) is 0 Å². The van der Waals surface area contributed by atoms with E-state index in [1.165, 1.54) is 23.9 Å². The molecule has 0 aliphatic carbocycles. The van der Waals surface area contributed by atoms with Crippen molar-refractivity contribution in [3.63, 3.8) is 0 Å². The molecule has 0 unspecified atom stereocenters. The summed E-state index contributed by atoms with van der Waals surface area (Å²) >= 11 is 6.75. The number of aromatic carboxylic acids is 1. The molecule has 168 valence electrons. The van der Waals surface area contributed by atoms with Crippen LogP contribution in [0.3, 0.4) is 0 Å². The number of carbonyl (C=O) groups excluding carboxylic acids is 1. The number of nitrogens with zero attached hydrogens (tertiary/aromatic N) is 2. The molecule has 3 aromatic rings.